The molecular weight excluding hydrogens is 358 g/mol. The molecule has 1 aromatic rings. The second-order valence-corrected chi connectivity index (χ2v) is 6.47. The fraction of sp³-hybridized carbons (Fsp3) is 0.444. The monoisotopic (exact) mass is 379 g/mol. The zero-order valence-electron chi connectivity index (χ0n) is 14.6. The maximum absolute atomic E-state index is 12.3. The van der Waals surface area contributed by atoms with Gasteiger partial charge in [-0.3, -0.25) is 9.59 Å². The van der Waals surface area contributed by atoms with Crippen molar-refractivity contribution in [1.29, 1.82) is 0 Å². The summed E-state index contributed by atoms with van der Waals surface area (Å²) in [6.07, 6.45) is 3.33. The molecule has 1 N–H and O–H groups in total. The van der Waals surface area contributed by atoms with Crippen molar-refractivity contribution in [2.45, 2.75) is 45.2 Å². The largest absolute Gasteiger partial charge is 0.352 e. The smallest absolute Gasteiger partial charge is 0.331 e. The molecule has 140 valence electrons. The Hall–Kier alpha value is -2.41. The van der Waals surface area contributed by atoms with E-state index in [1.165, 1.54) is 13.1 Å². The normalized spacial score (nSPS) is 16.7. The Morgan fingerprint density at radius 2 is 2.04 bits per heavy atom. The molecule has 1 heterocycles. The molecule has 1 saturated heterocycles. The third-order valence-corrected chi connectivity index (χ3v) is 4.25. The summed E-state index contributed by atoms with van der Waals surface area (Å²) in [5.74, 6) is -0.796. The number of nitrogens with one attached hydrogen (secondary N) is 1. The molecule has 0 saturated carbocycles. The molecule has 1 fully saturated rings. The molecule has 2 amide bonds. The molecule has 2 rings (SSSR count). The van der Waals surface area contributed by atoms with Gasteiger partial charge in [-0.25, -0.2) is 4.79 Å². The van der Waals surface area contributed by atoms with Crippen molar-refractivity contribution >= 4 is 35.6 Å². The summed E-state index contributed by atoms with van der Waals surface area (Å²) in [6.45, 7) is 2.27. The van der Waals surface area contributed by atoms with Crippen LogP contribution in [0.3, 0.4) is 0 Å². The van der Waals surface area contributed by atoms with Crippen LogP contribution < -0.4 is 5.32 Å². The molecule has 1 aliphatic rings. The highest BCUT2D eigenvalue weighted by Gasteiger charge is 2.27. The Labute approximate surface area is 157 Å². The third kappa shape index (κ3) is 6.48. The van der Waals surface area contributed by atoms with Crippen LogP contribution in [0.5, 0.6) is 0 Å². The standard InChI is InChI=1S/C18H22ClN3O4/c1-13(23)26-21-12-16-3-2-10-22(16)18(25)9-8-17(24)20-11-14-4-6-15(19)7-5-14/h4-7,12,16H,2-3,8-11H2,1H3,(H,20,24)/t16-/m0/s1. The molecule has 0 aromatic heterocycles. The molecule has 1 atom stereocenters. The third-order valence-electron chi connectivity index (χ3n) is 4.00. The van der Waals surface area contributed by atoms with Crippen LogP contribution in [0.2, 0.25) is 5.02 Å². The van der Waals surface area contributed by atoms with E-state index in [9.17, 15) is 14.4 Å². The number of rotatable bonds is 7. The Balaban J connectivity index is 1.74. The molecule has 1 aliphatic heterocycles. The minimum atomic E-state index is -0.505. The first-order chi connectivity index (χ1) is 12.5. The zero-order chi connectivity index (χ0) is 18.9. The topological polar surface area (TPSA) is 88.1 Å². The highest BCUT2D eigenvalue weighted by atomic mass is 35.5. The lowest BCUT2D eigenvalue weighted by Gasteiger charge is -2.21. The van der Waals surface area contributed by atoms with Gasteiger partial charge in [-0.1, -0.05) is 28.9 Å². The van der Waals surface area contributed by atoms with Gasteiger partial charge < -0.3 is 15.1 Å². The van der Waals surface area contributed by atoms with E-state index in [-0.39, 0.29) is 30.7 Å². The number of benzene rings is 1. The predicted octanol–water partition coefficient (Wildman–Crippen LogP) is 2.28. The van der Waals surface area contributed by atoms with Gasteiger partial charge in [0.2, 0.25) is 11.8 Å². The number of likely N-dealkylation sites (tertiary alicyclic amines) is 1. The molecule has 8 heteroatoms. The molecule has 0 unspecified atom stereocenters. The van der Waals surface area contributed by atoms with Crippen molar-refractivity contribution in [2.75, 3.05) is 6.54 Å². The fourth-order valence-corrected chi connectivity index (χ4v) is 2.81. The van der Waals surface area contributed by atoms with Gasteiger partial charge in [0.25, 0.3) is 0 Å². The van der Waals surface area contributed by atoms with Gasteiger partial charge in [0.1, 0.15) is 0 Å². The van der Waals surface area contributed by atoms with Gasteiger partial charge >= 0.3 is 5.97 Å². The van der Waals surface area contributed by atoms with E-state index in [4.69, 9.17) is 11.6 Å². The Kier molecular flexibility index (Phi) is 7.59. The summed E-state index contributed by atoms with van der Waals surface area (Å²) in [7, 11) is 0. The SMILES string of the molecule is CC(=O)ON=C[C@@H]1CCCN1C(=O)CCC(=O)NCc1ccc(Cl)cc1. The van der Waals surface area contributed by atoms with Crippen LogP contribution in [0.1, 0.15) is 38.2 Å². The zero-order valence-corrected chi connectivity index (χ0v) is 15.4. The number of halogens is 1. The van der Waals surface area contributed by atoms with Crippen LogP contribution in [-0.4, -0.2) is 41.5 Å². The maximum atomic E-state index is 12.3. The van der Waals surface area contributed by atoms with Crippen molar-refractivity contribution < 1.29 is 19.2 Å². The van der Waals surface area contributed by atoms with E-state index in [1.54, 1.807) is 17.0 Å². The van der Waals surface area contributed by atoms with Crippen molar-refractivity contribution in [3.8, 4) is 0 Å². The van der Waals surface area contributed by atoms with Crippen LogP contribution >= 0.6 is 11.6 Å². The van der Waals surface area contributed by atoms with Gasteiger partial charge in [0, 0.05) is 37.9 Å². The van der Waals surface area contributed by atoms with E-state index >= 15 is 0 Å². The van der Waals surface area contributed by atoms with Gasteiger partial charge in [-0.15, -0.1) is 0 Å². The van der Waals surface area contributed by atoms with Crippen LogP contribution in [0, 0.1) is 0 Å². The number of oxime groups is 1. The number of amides is 2. The number of hydrogen-bond acceptors (Lipinski definition) is 5. The second-order valence-electron chi connectivity index (χ2n) is 6.04. The summed E-state index contributed by atoms with van der Waals surface area (Å²) in [6, 6.07) is 7.00. The molecule has 0 radical (unpaired) electrons. The van der Waals surface area contributed by atoms with Gasteiger partial charge in [0.15, 0.2) is 0 Å². The summed E-state index contributed by atoms with van der Waals surface area (Å²) in [5, 5.41) is 7.02. The quantitative estimate of drug-likeness (QED) is 0.447. The molecule has 7 nitrogen and oxygen atoms in total. The van der Waals surface area contributed by atoms with Gasteiger partial charge in [-0.2, -0.15) is 0 Å². The average Bonchev–Trinajstić information content (AvgIpc) is 3.07. The van der Waals surface area contributed by atoms with Crippen LogP contribution in [0.15, 0.2) is 29.4 Å². The lowest BCUT2D eigenvalue weighted by atomic mass is 10.2. The molecular formula is C18H22ClN3O4. The molecule has 0 spiro atoms. The highest BCUT2D eigenvalue weighted by Crippen LogP contribution is 2.17. The molecule has 1 aromatic carbocycles. The van der Waals surface area contributed by atoms with Crippen LogP contribution in [0.25, 0.3) is 0 Å². The Bertz CT molecular complexity index is 676. The number of carbonyl (C=O) groups is 3. The first kappa shape index (κ1) is 19.9. The van der Waals surface area contributed by atoms with Crippen molar-refractivity contribution in [1.82, 2.24) is 10.2 Å². The van der Waals surface area contributed by atoms with Crippen LogP contribution in [-0.2, 0) is 25.8 Å². The Morgan fingerprint density at radius 1 is 1.31 bits per heavy atom. The first-order valence-corrected chi connectivity index (χ1v) is 8.85. The van der Waals surface area contributed by atoms with Gasteiger partial charge in [0.05, 0.1) is 12.3 Å². The van der Waals surface area contributed by atoms with Crippen molar-refractivity contribution in [2.24, 2.45) is 5.16 Å². The minimum Gasteiger partial charge on any atom is -0.352 e. The average molecular weight is 380 g/mol. The maximum Gasteiger partial charge on any atom is 0.331 e. The summed E-state index contributed by atoms with van der Waals surface area (Å²) in [5.41, 5.74) is 0.940. The van der Waals surface area contributed by atoms with Crippen LogP contribution in [0.4, 0.5) is 0 Å². The fourth-order valence-electron chi connectivity index (χ4n) is 2.69. The predicted molar refractivity (Wildman–Crippen MR) is 97.5 cm³/mol. The summed E-state index contributed by atoms with van der Waals surface area (Å²) < 4.78 is 0. The minimum absolute atomic E-state index is 0.108. The Morgan fingerprint density at radius 3 is 2.73 bits per heavy atom. The van der Waals surface area contributed by atoms with Crippen molar-refractivity contribution in [3.63, 3.8) is 0 Å². The molecule has 26 heavy (non-hydrogen) atoms. The lowest BCUT2D eigenvalue weighted by Crippen LogP contribution is -2.37. The van der Waals surface area contributed by atoms with E-state index in [0.29, 0.717) is 18.1 Å². The number of nitrogens with zero attached hydrogens (tertiary/aromatic N) is 2. The highest BCUT2D eigenvalue weighted by molar-refractivity contribution is 6.30. The van der Waals surface area contributed by atoms with E-state index in [2.05, 4.69) is 15.3 Å². The number of carbonyl (C=O) groups excluding carboxylic acids is 3. The summed E-state index contributed by atoms with van der Waals surface area (Å²) >= 11 is 5.82. The van der Waals surface area contributed by atoms with E-state index in [0.717, 1.165) is 18.4 Å². The van der Waals surface area contributed by atoms with Gasteiger partial charge in [-0.05, 0) is 30.5 Å². The van der Waals surface area contributed by atoms with Crippen molar-refractivity contribution in [3.05, 3.63) is 34.9 Å². The summed E-state index contributed by atoms with van der Waals surface area (Å²) in [4.78, 5) is 41.2. The molecule has 0 bridgehead atoms. The second kappa shape index (κ2) is 9.91. The van der Waals surface area contributed by atoms with E-state index < -0.39 is 5.97 Å². The lowest BCUT2D eigenvalue weighted by molar-refractivity contribution is -0.140. The van der Waals surface area contributed by atoms with E-state index in [1.807, 2.05) is 12.1 Å². The molecule has 0 aliphatic carbocycles. The first-order valence-electron chi connectivity index (χ1n) is 8.47. The number of hydrogen-bond donors (Lipinski definition) is 1.